The highest BCUT2D eigenvalue weighted by atomic mass is 32.2. The molecule has 1 aromatic rings. The molecule has 2 N–H and O–H groups in total. The molecule has 2 atom stereocenters. The lowest BCUT2D eigenvalue weighted by Crippen LogP contribution is -2.14. The molecule has 2 unspecified atom stereocenters. The van der Waals surface area contributed by atoms with Gasteiger partial charge >= 0.3 is 0 Å². The normalized spacial score (nSPS) is 24.9. The van der Waals surface area contributed by atoms with E-state index in [9.17, 15) is 0 Å². The molecule has 2 heterocycles. The molecule has 88 valence electrons. The number of nitrogens with zero attached hydrogens (tertiary/aromatic N) is 1. The van der Waals surface area contributed by atoms with Gasteiger partial charge in [0.25, 0.3) is 0 Å². The fourth-order valence-corrected chi connectivity index (χ4v) is 3.10. The summed E-state index contributed by atoms with van der Waals surface area (Å²) in [7, 11) is 0. The maximum Gasteiger partial charge on any atom is 0.0995 e. The molecular weight excluding hydrogens is 220 g/mol. The maximum atomic E-state index is 5.60. The van der Waals surface area contributed by atoms with Gasteiger partial charge in [-0.15, -0.1) is 0 Å². The van der Waals surface area contributed by atoms with Crippen LogP contribution in [-0.2, 0) is 11.2 Å². The number of hydrogen-bond acceptors (Lipinski definition) is 4. The van der Waals surface area contributed by atoms with Gasteiger partial charge in [-0.25, -0.2) is 4.98 Å². The Bertz CT molecular complexity index is 346. The molecule has 2 rings (SSSR count). The first kappa shape index (κ1) is 11.9. The lowest BCUT2D eigenvalue weighted by Gasteiger charge is -2.14. The van der Waals surface area contributed by atoms with Crippen LogP contribution in [0.5, 0.6) is 0 Å². The van der Waals surface area contributed by atoms with E-state index in [0.717, 1.165) is 24.5 Å². The standard InChI is InChI=1S/C12H18N2OS/c1-9-11(5-8-15-9)16-12-10(4-6-13)3-2-7-14-12/h2-3,7,9,11H,4-6,8,13H2,1H3. The van der Waals surface area contributed by atoms with E-state index in [1.165, 1.54) is 5.56 Å². The van der Waals surface area contributed by atoms with Crippen molar-refractivity contribution in [2.75, 3.05) is 13.2 Å². The summed E-state index contributed by atoms with van der Waals surface area (Å²) in [5, 5.41) is 1.65. The Morgan fingerprint density at radius 2 is 2.50 bits per heavy atom. The Hall–Kier alpha value is -0.580. The summed E-state index contributed by atoms with van der Waals surface area (Å²) in [6.45, 7) is 3.68. The molecule has 0 saturated carbocycles. The zero-order valence-electron chi connectivity index (χ0n) is 9.56. The van der Waals surface area contributed by atoms with Crippen molar-refractivity contribution < 1.29 is 4.74 Å². The quantitative estimate of drug-likeness (QED) is 0.869. The van der Waals surface area contributed by atoms with E-state index < -0.39 is 0 Å². The summed E-state index contributed by atoms with van der Waals surface area (Å²) in [5.74, 6) is 0. The fraction of sp³-hybridized carbons (Fsp3) is 0.583. The number of thioether (sulfide) groups is 1. The van der Waals surface area contributed by atoms with Gasteiger partial charge < -0.3 is 10.5 Å². The minimum atomic E-state index is 0.331. The van der Waals surface area contributed by atoms with Crippen LogP contribution in [0.3, 0.4) is 0 Å². The van der Waals surface area contributed by atoms with Crippen LogP contribution < -0.4 is 5.73 Å². The molecule has 1 saturated heterocycles. The predicted molar refractivity (Wildman–Crippen MR) is 66.7 cm³/mol. The van der Waals surface area contributed by atoms with Gasteiger partial charge in [0.05, 0.1) is 11.1 Å². The smallest absolute Gasteiger partial charge is 0.0995 e. The minimum absolute atomic E-state index is 0.331. The Kier molecular flexibility index (Phi) is 4.21. The van der Waals surface area contributed by atoms with Crippen molar-refractivity contribution in [1.29, 1.82) is 0 Å². The van der Waals surface area contributed by atoms with Crippen LogP contribution in [0, 0.1) is 0 Å². The monoisotopic (exact) mass is 238 g/mol. The van der Waals surface area contributed by atoms with Crippen LogP contribution in [0.1, 0.15) is 18.9 Å². The summed E-state index contributed by atoms with van der Waals surface area (Å²) in [6, 6.07) is 4.09. The molecule has 3 nitrogen and oxygen atoms in total. The Balaban J connectivity index is 2.07. The number of ether oxygens (including phenoxy) is 1. The summed E-state index contributed by atoms with van der Waals surface area (Å²) < 4.78 is 5.56. The first-order valence-corrected chi connectivity index (χ1v) is 6.61. The molecule has 0 bridgehead atoms. The van der Waals surface area contributed by atoms with Crippen LogP contribution >= 0.6 is 11.8 Å². The van der Waals surface area contributed by atoms with Gasteiger partial charge in [0.1, 0.15) is 0 Å². The van der Waals surface area contributed by atoms with Gasteiger partial charge in [-0.3, -0.25) is 0 Å². The largest absolute Gasteiger partial charge is 0.377 e. The molecule has 1 aliphatic rings. The molecule has 16 heavy (non-hydrogen) atoms. The summed E-state index contributed by atoms with van der Waals surface area (Å²) >= 11 is 1.83. The second-order valence-corrected chi connectivity index (χ2v) is 5.26. The second-order valence-electron chi connectivity index (χ2n) is 4.03. The van der Waals surface area contributed by atoms with E-state index in [0.29, 0.717) is 17.9 Å². The van der Waals surface area contributed by atoms with E-state index in [2.05, 4.69) is 18.0 Å². The van der Waals surface area contributed by atoms with Crippen molar-refractivity contribution in [3.05, 3.63) is 23.9 Å². The van der Waals surface area contributed by atoms with Crippen LogP contribution in [0.15, 0.2) is 23.4 Å². The lowest BCUT2D eigenvalue weighted by atomic mass is 10.2. The van der Waals surface area contributed by atoms with Crippen molar-refractivity contribution in [3.8, 4) is 0 Å². The van der Waals surface area contributed by atoms with Gasteiger partial charge in [-0.1, -0.05) is 17.8 Å². The van der Waals surface area contributed by atoms with Gasteiger partial charge in [0.2, 0.25) is 0 Å². The van der Waals surface area contributed by atoms with Crippen molar-refractivity contribution in [2.45, 2.75) is 36.1 Å². The Morgan fingerprint density at radius 1 is 1.62 bits per heavy atom. The third kappa shape index (κ3) is 2.75. The maximum absolute atomic E-state index is 5.60. The molecule has 1 aliphatic heterocycles. The molecule has 0 radical (unpaired) electrons. The van der Waals surface area contributed by atoms with E-state index in [-0.39, 0.29) is 0 Å². The molecular formula is C12H18N2OS. The molecule has 0 aromatic carbocycles. The van der Waals surface area contributed by atoms with E-state index >= 15 is 0 Å². The highest BCUT2D eigenvalue weighted by molar-refractivity contribution is 8.00. The fourth-order valence-electron chi connectivity index (χ4n) is 1.89. The number of aromatic nitrogens is 1. The highest BCUT2D eigenvalue weighted by Crippen LogP contribution is 2.33. The third-order valence-corrected chi connectivity index (χ3v) is 4.35. The summed E-state index contributed by atoms with van der Waals surface area (Å²) in [5.41, 5.74) is 6.86. The van der Waals surface area contributed by atoms with Crippen LogP contribution in [0.4, 0.5) is 0 Å². The van der Waals surface area contributed by atoms with Crippen LogP contribution in [0.2, 0.25) is 0 Å². The molecule has 4 heteroatoms. The van der Waals surface area contributed by atoms with Gasteiger partial charge in [-0.2, -0.15) is 0 Å². The highest BCUT2D eigenvalue weighted by Gasteiger charge is 2.26. The van der Waals surface area contributed by atoms with Crippen LogP contribution in [-0.4, -0.2) is 29.5 Å². The number of hydrogen-bond donors (Lipinski definition) is 1. The van der Waals surface area contributed by atoms with Crippen molar-refractivity contribution in [3.63, 3.8) is 0 Å². The van der Waals surface area contributed by atoms with Gasteiger partial charge in [-0.05, 0) is 37.9 Å². The SMILES string of the molecule is CC1OCCC1Sc1ncccc1CCN. The summed E-state index contributed by atoms with van der Waals surface area (Å²) in [4.78, 5) is 4.45. The topological polar surface area (TPSA) is 48.1 Å². The molecule has 1 aromatic heterocycles. The van der Waals surface area contributed by atoms with Crippen molar-refractivity contribution in [2.24, 2.45) is 5.73 Å². The van der Waals surface area contributed by atoms with E-state index in [1.807, 2.05) is 24.0 Å². The lowest BCUT2D eigenvalue weighted by molar-refractivity contribution is 0.127. The molecule has 0 amide bonds. The van der Waals surface area contributed by atoms with E-state index in [1.54, 1.807) is 0 Å². The van der Waals surface area contributed by atoms with Gasteiger partial charge in [0.15, 0.2) is 0 Å². The third-order valence-electron chi connectivity index (χ3n) is 2.83. The molecule has 0 aliphatic carbocycles. The number of rotatable bonds is 4. The number of pyridine rings is 1. The van der Waals surface area contributed by atoms with Gasteiger partial charge in [0, 0.05) is 18.1 Å². The average molecular weight is 238 g/mol. The molecule has 0 spiro atoms. The average Bonchev–Trinajstić information content (AvgIpc) is 2.68. The Morgan fingerprint density at radius 3 is 3.19 bits per heavy atom. The minimum Gasteiger partial charge on any atom is -0.377 e. The second kappa shape index (κ2) is 5.66. The predicted octanol–water partition coefficient (Wildman–Crippen LogP) is 1.85. The molecule has 1 fully saturated rings. The number of nitrogens with two attached hydrogens (primary N) is 1. The zero-order chi connectivity index (χ0) is 11.4. The zero-order valence-corrected chi connectivity index (χ0v) is 10.4. The first-order chi connectivity index (χ1) is 7.81. The van der Waals surface area contributed by atoms with E-state index in [4.69, 9.17) is 10.5 Å². The first-order valence-electron chi connectivity index (χ1n) is 5.73. The van der Waals surface area contributed by atoms with Crippen molar-refractivity contribution >= 4 is 11.8 Å². The summed E-state index contributed by atoms with van der Waals surface area (Å²) in [6.07, 6.45) is 4.20. The Labute approximate surface area is 101 Å². The van der Waals surface area contributed by atoms with Crippen LogP contribution in [0.25, 0.3) is 0 Å². The van der Waals surface area contributed by atoms with Crippen molar-refractivity contribution in [1.82, 2.24) is 4.98 Å².